The molecule has 0 unspecified atom stereocenters. The van der Waals surface area contributed by atoms with Crippen molar-refractivity contribution in [1.82, 2.24) is 9.55 Å². The Balaban J connectivity index is 0.000000829. The Hall–Kier alpha value is -2.10. The molecule has 110 valence electrons. The fraction of sp³-hybridized carbons (Fsp3) is 0.375. The third kappa shape index (κ3) is 5.69. The van der Waals surface area contributed by atoms with E-state index in [0.717, 1.165) is 23.5 Å². The van der Waals surface area contributed by atoms with Crippen LogP contribution in [0, 0.1) is 6.92 Å². The molecule has 0 radical (unpaired) electrons. The van der Waals surface area contributed by atoms with E-state index < -0.39 is 0 Å². The number of aryl methyl sites for hydroxylation is 1. The number of anilines is 1. The second-order valence-corrected chi connectivity index (χ2v) is 3.63. The lowest BCUT2D eigenvalue weighted by Gasteiger charge is -2.06. The quantitative estimate of drug-likeness (QED) is 0.861. The Kier molecular flexibility index (Phi) is 9.66. The van der Waals surface area contributed by atoms with E-state index in [1.807, 2.05) is 65.1 Å². The number of benzene rings is 1. The first kappa shape index (κ1) is 17.9. The fourth-order valence-corrected chi connectivity index (χ4v) is 1.58. The molecule has 0 saturated carbocycles. The highest BCUT2D eigenvalue weighted by atomic mass is 16.1. The van der Waals surface area contributed by atoms with Crippen LogP contribution in [0.1, 0.15) is 39.0 Å². The summed E-state index contributed by atoms with van der Waals surface area (Å²) in [6.45, 7) is 10.8. The molecule has 1 amide bonds. The number of carbonyl (C=O) groups excluding carboxylic acids is 1. The third-order valence-electron chi connectivity index (χ3n) is 2.43. The SMILES string of the molecule is CC.CC.Cc1cncn1Cc1cccc(NC=O)c1. The Morgan fingerprint density at radius 1 is 1.25 bits per heavy atom. The maximum Gasteiger partial charge on any atom is 0.211 e. The number of hydrogen-bond donors (Lipinski definition) is 1. The van der Waals surface area contributed by atoms with Crippen molar-refractivity contribution in [3.05, 3.63) is 48.0 Å². The highest BCUT2D eigenvalue weighted by molar-refractivity contribution is 5.71. The molecule has 20 heavy (non-hydrogen) atoms. The highest BCUT2D eigenvalue weighted by Gasteiger charge is 1.99. The monoisotopic (exact) mass is 275 g/mol. The molecule has 1 heterocycles. The highest BCUT2D eigenvalue weighted by Crippen LogP contribution is 2.12. The topological polar surface area (TPSA) is 46.9 Å². The van der Waals surface area contributed by atoms with Crippen LogP contribution in [-0.4, -0.2) is 16.0 Å². The van der Waals surface area contributed by atoms with E-state index in [1.165, 1.54) is 0 Å². The molecule has 2 aromatic rings. The molecular weight excluding hydrogens is 250 g/mol. The van der Waals surface area contributed by atoms with Gasteiger partial charge in [0.05, 0.1) is 6.33 Å². The van der Waals surface area contributed by atoms with Crippen LogP contribution < -0.4 is 5.32 Å². The van der Waals surface area contributed by atoms with Crippen LogP contribution in [0.25, 0.3) is 0 Å². The van der Waals surface area contributed by atoms with Gasteiger partial charge in [-0.2, -0.15) is 0 Å². The fourth-order valence-electron chi connectivity index (χ4n) is 1.58. The summed E-state index contributed by atoms with van der Waals surface area (Å²) in [6, 6.07) is 7.76. The van der Waals surface area contributed by atoms with Crippen LogP contribution in [0.2, 0.25) is 0 Å². The molecule has 1 aromatic carbocycles. The zero-order valence-electron chi connectivity index (χ0n) is 13.1. The molecule has 4 heteroatoms. The van der Waals surface area contributed by atoms with Gasteiger partial charge in [0.25, 0.3) is 0 Å². The largest absolute Gasteiger partial charge is 0.330 e. The number of amides is 1. The van der Waals surface area contributed by atoms with Crippen LogP contribution in [0.15, 0.2) is 36.8 Å². The molecule has 2 rings (SSSR count). The van der Waals surface area contributed by atoms with E-state index in [2.05, 4.69) is 14.9 Å². The predicted octanol–water partition coefficient (Wildman–Crippen LogP) is 3.86. The minimum Gasteiger partial charge on any atom is -0.330 e. The van der Waals surface area contributed by atoms with Crippen LogP contribution in [0.4, 0.5) is 5.69 Å². The molecule has 0 saturated heterocycles. The van der Waals surface area contributed by atoms with Gasteiger partial charge < -0.3 is 9.88 Å². The Morgan fingerprint density at radius 3 is 2.50 bits per heavy atom. The minimum atomic E-state index is 0.682. The van der Waals surface area contributed by atoms with Gasteiger partial charge >= 0.3 is 0 Å². The van der Waals surface area contributed by atoms with Gasteiger partial charge in [-0.3, -0.25) is 4.79 Å². The smallest absolute Gasteiger partial charge is 0.211 e. The number of nitrogens with zero attached hydrogens (tertiary/aromatic N) is 2. The minimum absolute atomic E-state index is 0.682. The Labute approximate surface area is 121 Å². The van der Waals surface area contributed by atoms with Gasteiger partial charge in [-0.25, -0.2) is 4.98 Å². The molecule has 0 fully saturated rings. The summed E-state index contributed by atoms with van der Waals surface area (Å²) in [5.41, 5.74) is 3.06. The number of imidazole rings is 1. The average molecular weight is 275 g/mol. The lowest BCUT2D eigenvalue weighted by molar-refractivity contribution is -0.105. The number of nitrogens with one attached hydrogen (secondary N) is 1. The first-order chi connectivity index (χ1) is 9.79. The summed E-state index contributed by atoms with van der Waals surface area (Å²) >= 11 is 0. The first-order valence-electron chi connectivity index (χ1n) is 7.05. The Morgan fingerprint density at radius 2 is 1.95 bits per heavy atom. The number of hydrogen-bond acceptors (Lipinski definition) is 2. The van der Waals surface area contributed by atoms with Crippen LogP contribution in [-0.2, 0) is 11.3 Å². The maximum atomic E-state index is 10.3. The zero-order valence-corrected chi connectivity index (χ0v) is 13.1. The molecule has 0 bridgehead atoms. The molecule has 0 atom stereocenters. The van der Waals surface area contributed by atoms with Crippen molar-refractivity contribution in [2.45, 2.75) is 41.2 Å². The number of rotatable bonds is 4. The molecule has 0 spiro atoms. The summed E-state index contributed by atoms with van der Waals surface area (Å²) in [5, 5.41) is 2.64. The van der Waals surface area contributed by atoms with Crippen molar-refractivity contribution in [2.24, 2.45) is 0 Å². The molecule has 1 N–H and O–H groups in total. The molecule has 4 nitrogen and oxygen atoms in total. The van der Waals surface area contributed by atoms with Gasteiger partial charge in [-0.1, -0.05) is 39.8 Å². The maximum absolute atomic E-state index is 10.3. The van der Waals surface area contributed by atoms with E-state index in [4.69, 9.17) is 0 Å². The summed E-state index contributed by atoms with van der Waals surface area (Å²) in [4.78, 5) is 14.4. The zero-order chi connectivity index (χ0) is 15.4. The molecule has 0 aliphatic carbocycles. The van der Waals surface area contributed by atoms with E-state index >= 15 is 0 Å². The van der Waals surface area contributed by atoms with Gasteiger partial charge in [0.15, 0.2) is 0 Å². The van der Waals surface area contributed by atoms with E-state index in [0.29, 0.717) is 6.41 Å². The first-order valence-corrected chi connectivity index (χ1v) is 7.05. The van der Waals surface area contributed by atoms with E-state index in [-0.39, 0.29) is 0 Å². The van der Waals surface area contributed by atoms with Crippen molar-refractivity contribution < 1.29 is 4.79 Å². The van der Waals surface area contributed by atoms with Crippen LogP contribution in [0.5, 0.6) is 0 Å². The summed E-state index contributed by atoms with van der Waals surface area (Å²) in [5.74, 6) is 0. The Bertz CT molecular complexity index is 492. The molecular formula is C16H25N3O. The van der Waals surface area contributed by atoms with Crippen molar-refractivity contribution in [3.63, 3.8) is 0 Å². The molecule has 1 aromatic heterocycles. The molecule has 0 aliphatic rings. The third-order valence-corrected chi connectivity index (χ3v) is 2.43. The normalized spacial score (nSPS) is 8.65. The van der Waals surface area contributed by atoms with Crippen molar-refractivity contribution in [3.8, 4) is 0 Å². The van der Waals surface area contributed by atoms with Gasteiger partial charge in [0.1, 0.15) is 0 Å². The second kappa shape index (κ2) is 10.8. The van der Waals surface area contributed by atoms with Gasteiger partial charge in [0.2, 0.25) is 6.41 Å². The summed E-state index contributed by atoms with van der Waals surface area (Å²) in [6.07, 6.45) is 4.31. The van der Waals surface area contributed by atoms with Crippen molar-refractivity contribution >= 4 is 12.1 Å². The number of carbonyl (C=O) groups is 1. The van der Waals surface area contributed by atoms with Gasteiger partial charge in [0, 0.05) is 24.1 Å². The van der Waals surface area contributed by atoms with Crippen LogP contribution in [0.3, 0.4) is 0 Å². The summed E-state index contributed by atoms with van der Waals surface area (Å²) < 4.78 is 2.06. The molecule has 0 aliphatic heterocycles. The second-order valence-electron chi connectivity index (χ2n) is 3.63. The van der Waals surface area contributed by atoms with Crippen molar-refractivity contribution in [2.75, 3.05) is 5.32 Å². The summed E-state index contributed by atoms with van der Waals surface area (Å²) in [7, 11) is 0. The van der Waals surface area contributed by atoms with E-state index in [9.17, 15) is 4.79 Å². The average Bonchev–Trinajstić information content (AvgIpc) is 2.89. The lowest BCUT2D eigenvalue weighted by Crippen LogP contribution is -2.01. The van der Waals surface area contributed by atoms with Crippen molar-refractivity contribution in [1.29, 1.82) is 0 Å². The van der Waals surface area contributed by atoms with Crippen LogP contribution >= 0.6 is 0 Å². The van der Waals surface area contributed by atoms with Gasteiger partial charge in [-0.05, 0) is 24.6 Å². The standard InChI is InChI=1S/C12H13N3O.2C2H6/c1-10-6-13-8-15(10)7-11-3-2-4-12(5-11)14-9-16;2*1-2/h2-6,8-9H,7H2,1H3,(H,14,16);2*1-2H3. The number of aromatic nitrogens is 2. The lowest BCUT2D eigenvalue weighted by atomic mass is 10.2. The van der Waals surface area contributed by atoms with E-state index in [1.54, 1.807) is 6.33 Å². The predicted molar refractivity (Wildman–Crippen MR) is 84.9 cm³/mol. The van der Waals surface area contributed by atoms with Gasteiger partial charge in [-0.15, -0.1) is 0 Å².